The van der Waals surface area contributed by atoms with Crippen molar-refractivity contribution in [3.8, 4) is 11.4 Å². The molecule has 1 aromatic heterocycles. The number of hydrogen-bond acceptors (Lipinski definition) is 4. The molecule has 0 spiro atoms. The van der Waals surface area contributed by atoms with E-state index in [4.69, 9.17) is 16.1 Å². The van der Waals surface area contributed by atoms with Crippen LogP contribution in [0, 0.1) is 5.82 Å². The van der Waals surface area contributed by atoms with Gasteiger partial charge in [-0.3, -0.25) is 4.79 Å². The van der Waals surface area contributed by atoms with E-state index >= 15 is 0 Å². The highest BCUT2D eigenvalue weighted by atomic mass is 35.5. The van der Waals surface area contributed by atoms with E-state index in [9.17, 15) is 22.4 Å². The van der Waals surface area contributed by atoms with Crippen molar-refractivity contribution >= 4 is 17.5 Å². The molecular weight excluding hydrogens is 426 g/mol. The van der Waals surface area contributed by atoms with Crippen LogP contribution in [0.25, 0.3) is 11.4 Å². The maximum atomic E-state index is 13.3. The number of likely N-dealkylation sites (tertiary alicyclic amines) is 1. The van der Waals surface area contributed by atoms with Crippen LogP contribution in [-0.2, 0) is 17.5 Å². The number of carbonyl (C=O) groups is 1. The minimum atomic E-state index is -4.49. The van der Waals surface area contributed by atoms with E-state index in [1.807, 2.05) is 0 Å². The largest absolute Gasteiger partial charge is 0.416 e. The Morgan fingerprint density at radius 2 is 2.00 bits per heavy atom. The Morgan fingerprint density at radius 1 is 1.20 bits per heavy atom. The van der Waals surface area contributed by atoms with Crippen LogP contribution in [0.5, 0.6) is 0 Å². The molecule has 30 heavy (non-hydrogen) atoms. The van der Waals surface area contributed by atoms with Gasteiger partial charge in [0.05, 0.1) is 5.56 Å². The molecule has 3 aromatic rings. The van der Waals surface area contributed by atoms with Gasteiger partial charge in [0.1, 0.15) is 11.9 Å². The van der Waals surface area contributed by atoms with Crippen molar-refractivity contribution in [2.75, 3.05) is 0 Å². The number of benzene rings is 2. The molecule has 0 N–H and O–H groups in total. The molecule has 1 aliphatic heterocycles. The van der Waals surface area contributed by atoms with Crippen LogP contribution >= 0.6 is 11.6 Å². The molecule has 10 heteroatoms. The third-order valence-corrected chi connectivity index (χ3v) is 5.21. The highest BCUT2D eigenvalue weighted by Gasteiger charge is 2.36. The Kier molecular flexibility index (Phi) is 5.23. The number of halogens is 5. The fourth-order valence-electron chi connectivity index (χ4n) is 3.34. The average Bonchev–Trinajstić information content (AvgIpc) is 3.31. The number of carbonyl (C=O) groups excluding carboxylic acids is 1. The van der Waals surface area contributed by atoms with E-state index in [0.717, 1.165) is 18.2 Å². The van der Waals surface area contributed by atoms with Gasteiger partial charge in [0.25, 0.3) is 0 Å². The molecule has 1 saturated heterocycles. The Labute approximate surface area is 173 Å². The zero-order valence-electron chi connectivity index (χ0n) is 15.3. The molecule has 1 amide bonds. The number of nitrogens with zero attached hydrogens (tertiary/aromatic N) is 3. The van der Waals surface area contributed by atoms with Gasteiger partial charge in [-0.15, -0.1) is 0 Å². The van der Waals surface area contributed by atoms with Crippen molar-refractivity contribution < 1.29 is 26.9 Å². The zero-order chi connectivity index (χ0) is 21.5. The first-order valence-corrected chi connectivity index (χ1v) is 9.35. The summed E-state index contributed by atoms with van der Waals surface area (Å²) >= 11 is 6.06. The van der Waals surface area contributed by atoms with Crippen molar-refractivity contribution in [3.05, 3.63) is 70.3 Å². The highest BCUT2D eigenvalue weighted by Crippen LogP contribution is 2.36. The highest BCUT2D eigenvalue weighted by molar-refractivity contribution is 6.31. The smallest absolute Gasteiger partial charge is 0.337 e. The Hall–Kier alpha value is -2.94. The molecule has 156 valence electrons. The first-order chi connectivity index (χ1) is 14.2. The molecule has 2 aromatic carbocycles. The summed E-state index contributed by atoms with van der Waals surface area (Å²) in [6.07, 6.45) is -3.85. The lowest BCUT2D eigenvalue weighted by Crippen LogP contribution is -2.27. The average molecular weight is 440 g/mol. The van der Waals surface area contributed by atoms with Crippen molar-refractivity contribution in [1.82, 2.24) is 15.0 Å². The molecule has 1 aliphatic rings. The summed E-state index contributed by atoms with van der Waals surface area (Å²) in [6, 6.07) is 7.93. The van der Waals surface area contributed by atoms with Crippen LogP contribution in [0.1, 0.15) is 35.9 Å². The summed E-state index contributed by atoms with van der Waals surface area (Å²) in [5.74, 6) is -0.545. The Bertz CT molecular complexity index is 1100. The van der Waals surface area contributed by atoms with Crippen LogP contribution < -0.4 is 0 Å². The van der Waals surface area contributed by atoms with Gasteiger partial charge in [-0.2, -0.15) is 18.2 Å². The van der Waals surface area contributed by atoms with Crippen molar-refractivity contribution in [2.45, 2.75) is 31.6 Å². The van der Waals surface area contributed by atoms with E-state index in [1.165, 1.54) is 29.2 Å². The molecule has 0 saturated carbocycles. The first-order valence-electron chi connectivity index (χ1n) is 8.97. The molecule has 5 nitrogen and oxygen atoms in total. The fraction of sp³-hybridized carbons (Fsp3) is 0.250. The molecule has 1 atom stereocenters. The first kappa shape index (κ1) is 20.3. The standard InChI is InChI=1S/C20H14ClF4N3O2/c21-15-9-14(22)5-4-12(15)10-28-16(6-7-17(28)29)19-26-18(27-30-19)11-2-1-3-13(8-11)20(23,24)25/h1-5,8-9,16H,6-7,10H2. The van der Waals surface area contributed by atoms with E-state index < -0.39 is 23.6 Å². The lowest BCUT2D eigenvalue weighted by Gasteiger charge is -2.22. The molecule has 0 radical (unpaired) electrons. The number of rotatable bonds is 4. The van der Waals surface area contributed by atoms with Crippen molar-refractivity contribution in [2.24, 2.45) is 0 Å². The summed E-state index contributed by atoms with van der Waals surface area (Å²) in [5.41, 5.74) is -0.122. The van der Waals surface area contributed by atoms with Gasteiger partial charge in [0.15, 0.2) is 0 Å². The van der Waals surface area contributed by atoms with Crippen LogP contribution in [0.3, 0.4) is 0 Å². The fourth-order valence-corrected chi connectivity index (χ4v) is 3.57. The van der Waals surface area contributed by atoms with Crippen molar-refractivity contribution in [1.29, 1.82) is 0 Å². The van der Waals surface area contributed by atoms with Gasteiger partial charge in [-0.25, -0.2) is 4.39 Å². The Morgan fingerprint density at radius 3 is 2.73 bits per heavy atom. The zero-order valence-corrected chi connectivity index (χ0v) is 16.0. The number of alkyl halides is 3. The monoisotopic (exact) mass is 439 g/mol. The van der Waals surface area contributed by atoms with Crippen LogP contribution in [0.2, 0.25) is 5.02 Å². The van der Waals surface area contributed by atoms with Crippen LogP contribution in [-0.4, -0.2) is 20.9 Å². The minimum absolute atomic E-state index is 0.00443. The van der Waals surface area contributed by atoms with Crippen LogP contribution in [0.15, 0.2) is 47.0 Å². The van der Waals surface area contributed by atoms with E-state index in [2.05, 4.69) is 10.1 Å². The quantitative estimate of drug-likeness (QED) is 0.510. The second-order valence-corrected chi connectivity index (χ2v) is 7.25. The summed E-state index contributed by atoms with van der Waals surface area (Å²) in [7, 11) is 0. The number of hydrogen-bond donors (Lipinski definition) is 0. The van der Waals surface area contributed by atoms with Gasteiger partial charge < -0.3 is 9.42 Å². The van der Waals surface area contributed by atoms with Crippen LogP contribution in [0.4, 0.5) is 17.6 Å². The third kappa shape index (κ3) is 4.02. The molecule has 0 bridgehead atoms. The molecule has 1 unspecified atom stereocenters. The van der Waals surface area contributed by atoms with Gasteiger partial charge in [0.2, 0.25) is 17.6 Å². The topological polar surface area (TPSA) is 59.2 Å². The molecule has 4 rings (SSSR count). The molecular formula is C20H14ClF4N3O2. The second-order valence-electron chi connectivity index (χ2n) is 6.85. The molecule has 1 fully saturated rings. The summed E-state index contributed by atoms with van der Waals surface area (Å²) < 4.78 is 57.4. The van der Waals surface area contributed by atoms with E-state index in [0.29, 0.717) is 12.0 Å². The SMILES string of the molecule is O=C1CCC(c2nc(-c3cccc(C(F)(F)F)c3)no2)N1Cc1ccc(F)cc1Cl. The van der Waals surface area contributed by atoms with Gasteiger partial charge in [-0.05, 0) is 36.2 Å². The van der Waals surface area contributed by atoms with Gasteiger partial charge in [0, 0.05) is 23.6 Å². The maximum absolute atomic E-state index is 13.3. The summed E-state index contributed by atoms with van der Waals surface area (Å²) in [4.78, 5) is 18.1. The van der Waals surface area contributed by atoms with Gasteiger partial charge >= 0.3 is 6.18 Å². The van der Waals surface area contributed by atoms with Gasteiger partial charge in [-0.1, -0.05) is 35.0 Å². The predicted molar refractivity (Wildman–Crippen MR) is 98.7 cm³/mol. The normalized spacial score (nSPS) is 17.0. The molecule has 0 aliphatic carbocycles. The third-order valence-electron chi connectivity index (χ3n) is 4.86. The Balaban J connectivity index is 1.60. The lowest BCUT2D eigenvalue weighted by atomic mass is 10.1. The van der Waals surface area contributed by atoms with E-state index in [1.54, 1.807) is 0 Å². The number of amides is 1. The lowest BCUT2D eigenvalue weighted by molar-refractivity contribution is -0.137. The van der Waals surface area contributed by atoms with E-state index in [-0.39, 0.29) is 41.2 Å². The maximum Gasteiger partial charge on any atom is 0.416 e. The summed E-state index contributed by atoms with van der Waals surface area (Å²) in [5, 5.41) is 3.97. The molecule has 2 heterocycles. The number of aromatic nitrogens is 2. The minimum Gasteiger partial charge on any atom is -0.337 e. The second kappa shape index (κ2) is 7.71. The van der Waals surface area contributed by atoms with Crippen molar-refractivity contribution in [3.63, 3.8) is 0 Å². The summed E-state index contributed by atoms with van der Waals surface area (Å²) in [6.45, 7) is 0.115. The predicted octanol–water partition coefficient (Wildman–Crippen LogP) is 5.41.